The third kappa shape index (κ3) is 2.71. The van der Waals surface area contributed by atoms with E-state index in [2.05, 4.69) is 26.6 Å². The van der Waals surface area contributed by atoms with E-state index in [4.69, 9.17) is 12.2 Å². The minimum atomic E-state index is 0.762. The fourth-order valence-electron chi connectivity index (χ4n) is 2.31. The summed E-state index contributed by atoms with van der Waals surface area (Å²) < 4.78 is 2.89. The number of aryl methyl sites for hydroxylation is 1. The van der Waals surface area contributed by atoms with Crippen LogP contribution in [0, 0.1) is 4.77 Å². The van der Waals surface area contributed by atoms with Crippen LogP contribution in [-0.2, 0) is 13.0 Å². The molecule has 2 rings (SSSR count). The lowest BCUT2D eigenvalue weighted by Crippen LogP contribution is -2.21. The summed E-state index contributed by atoms with van der Waals surface area (Å²) in [7, 11) is 0. The van der Waals surface area contributed by atoms with Crippen LogP contribution in [0.1, 0.15) is 32.0 Å². The van der Waals surface area contributed by atoms with Gasteiger partial charge in [-0.2, -0.15) is 5.10 Å². The number of hydrogen-bond donors (Lipinski definition) is 1. The van der Waals surface area contributed by atoms with Gasteiger partial charge in [0.15, 0.2) is 4.77 Å². The average Bonchev–Trinajstić information content (AvgIpc) is 2.90. The summed E-state index contributed by atoms with van der Waals surface area (Å²) in [6.45, 7) is 6.85. The van der Waals surface area contributed by atoms with Crippen LogP contribution < -0.4 is 0 Å². The molecule has 0 aliphatic carbocycles. The summed E-state index contributed by atoms with van der Waals surface area (Å²) in [5, 5.41) is 7.09. The van der Waals surface area contributed by atoms with Crippen molar-refractivity contribution in [2.24, 2.45) is 0 Å². The second-order valence-electron chi connectivity index (χ2n) is 4.35. The zero-order valence-corrected chi connectivity index (χ0v) is 10.7. The molecule has 0 amide bonds. The van der Waals surface area contributed by atoms with Crippen molar-refractivity contribution in [1.29, 1.82) is 0 Å². The van der Waals surface area contributed by atoms with Gasteiger partial charge >= 0.3 is 0 Å². The van der Waals surface area contributed by atoms with Crippen LogP contribution in [0.15, 0.2) is 0 Å². The molecule has 0 saturated carbocycles. The number of aromatic amines is 1. The summed E-state index contributed by atoms with van der Waals surface area (Å²) >= 11 is 5.22. The van der Waals surface area contributed by atoms with E-state index in [1.807, 2.05) is 0 Å². The number of nitrogens with zero attached hydrogens (tertiary/aromatic N) is 3. The van der Waals surface area contributed by atoms with E-state index in [-0.39, 0.29) is 0 Å². The molecule has 1 N–H and O–H groups in total. The number of H-pyrrole nitrogens is 1. The minimum Gasteiger partial charge on any atom is -0.304 e. The Morgan fingerprint density at radius 3 is 2.75 bits per heavy atom. The second-order valence-corrected chi connectivity index (χ2v) is 4.74. The Hall–Kier alpha value is -0.680. The van der Waals surface area contributed by atoms with Crippen LogP contribution in [0.2, 0.25) is 0 Å². The maximum atomic E-state index is 5.22. The molecule has 4 nitrogen and oxygen atoms in total. The van der Waals surface area contributed by atoms with E-state index in [1.54, 1.807) is 0 Å². The first-order chi connectivity index (χ1) is 7.81. The maximum Gasteiger partial charge on any atom is 0.195 e. The summed E-state index contributed by atoms with van der Waals surface area (Å²) in [6, 6.07) is 0. The number of hydrogen-bond acceptors (Lipinski definition) is 3. The Kier molecular flexibility index (Phi) is 4.12. The van der Waals surface area contributed by atoms with Crippen molar-refractivity contribution in [3.63, 3.8) is 0 Å². The summed E-state index contributed by atoms with van der Waals surface area (Å²) in [6.07, 6.45) is 4.84. The summed E-state index contributed by atoms with van der Waals surface area (Å²) in [4.78, 5) is 2.54. The van der Waals surface area contributed by atoms with Gasteiger partial charge in [-0.15, -0.1) is 0 Å². The van der Waals surface area contributed by atoms with Gasteiger partial charge in [-0.1, -0.05) is 6.92 Å². The van der Waals surface area contributed by atoms with Crippen LogP contribution in [0.25, 0.3) is 0 Å². The first-order valence-corrected chi connectivity index (χ1v) is 6.58. The highest BCUT2D eigenvalue weighted by molar-refractivity contribution is 7.71. The van der Waals surface area contributed by atoms with Crippen LogP contribution in [-0.4, -0.2) is 39.3 Å². The molecule has 1 aromatic heterocycles. The fraction of sp³-hybridized carbons (Fsp3) is 0.818. The number of nitrogens with one attached hydrogen (secondary N) is 1. The van der Waals surface area contributed by atoms with Crippen molar-refractivity contribution in [2.75, 3.05) is 19.6 Å². The maximum absolute atomic E-state index is 5.22. The van der Waals surface area contributed by atoms with Crippen LogP contribution in [0.4, 0.5) is 0 Å². The van der Waals surface area contributed by atoms with Gasteiger partial charge in [-0.25, -0.2) is 0 Å². The summed E-state index contributed by atoms with van der Waals surface area (Å²) in [5.41, 5.74) is 0. The smallest absolute Gasteiger partial charge is 0.195 e. The van der Waals surface area contributed by atoms with Gasteiger partial charge in [-0.3, -0.25) is 5.10 Å². The standard InChI is InChI=1S/C11H20N4S/c1-2-10-12-13-11(16)15(10)9-5-8-14-6-3-4-7-14/h2-9H2,1H3,(H,13,16). The highest BCUT2D eigenvalue weighted by atomic mass is 32.1. The Bertz CT molecular complexity index is 376. The first-order valence-electron chi connectivity index (χ1n) is 6.17. The fourth-order valence-corrected chi connectivity index (χ4v) is 2.55. The molecule has 90 valence electrons. The highest BCUT2D eigenvalue weighted by Gasteiger charge is 2.11. The number of likely N-dealkylation sites (tertiary alicyclic amines) is 1. The molecule has 1 saturated heterocycles. The largest absolute Gasteiger partial charge is 0.304 e. The predicted octanol–water partition coefficient (Wildman–Crippen LogP) is 1.99. The van der Waals surface area contributed by atoms with E-state index in [0.717, 1.165) is 23.6 Å². The van der Waals surface area contributed by atoms with E-state index >= 15 is 0 Å². The lowest BCUT2D eigenvalue weighted by atomic mass is 10.3. The Labute approximate surface area is 102 Å². The topological polar surface area (TPSA) is 36.9 Å². The van der Waals surface area contributed by atoms with Gasteiger partial charge in [-0.05, 0) is 51.1 Å². The molecule has 16 heavy (non-hydrogen) atoms. The molecule has 0 radical (unpaired) electrons. The third-order valence-electron chi connectivity index (χ3n) is 3.21. The molecule has 0 unspecified atom stereocenters. The summed E-state index contributed by atoms with van der Waals surface area (Å²) in [5.74, 6) is 1.08. The molecule has 0 atom stereocenters. The van der Waals surface area contributed by atoms with Gasteiger partial charge in [0.25, 0.3) is 0 Å². The van der Waals surface area contributed by atoms with Crippen LogP contribution in [0.3, 0.4) is 0 Å². The highest BCUT2D eigenvalue weighted by Crippen LogP contribution is 2.08. The Morgan fingerprint density at radius 2 is 2.06 bits per heavy atom. The van der Waals surface area contributed by atoms with Gasteiger partial charge in [0, 0.05) is 13.0 Å². The normalized spacial score (nSPS) is 17.1. The Morgan fingerprint density at radius 1 is 1.31 bits per heavy atom. The monoisotopic (exact) mass is 240 g/mol. The van der Waals surface area contributed by atoms with Crippen molar-refractivity contribution in [3.8, 4) is 0 Å². The van der Waals surface area contributed by atoms with Crippen LogP contribution in [0.5, 0.6) is 0 Å². The molecule has 0 aromatic carbocycles. The van der Waals surface area contributed by atoms with Gasteiger partial charge in [0.2, 0.25) is 0 Å². The zero-order valence-electron chi connectivity index (χ0n) is 9.91. The average molecular weight is 240 g/mol. The SMILES string of the molecule is CCc1n[nH]c(=S)n1CCCN1CCCC1. The van der Waals surface area contributed by atoms with Crippen molar-refractivity contribution in [2.45, 2.75) is 39.2 Å². The number of rotatable bonds is 5. The van der Waals surface area contributed by atoms with Gasteiger partial charge in [0.1, 0.15) is 5.82 Å². The molecule has 0 bridgehead atoms. The van der Waals surface area contributed by atoms with E-state index in [1.165, 1.54) is 38.9 Å². The zero-order chi connectivity index (χ0) is 11.4. The lowest BCUT2D eigenvalue weighted by molar-refractivity contribution is 0.324. The predicted molar refractivity (Wildman–Crippen MR) is 67.1 cm³/mol. The van der Waals surface area contributed by atoms with Crippen molar-refractivity contribution in [1.82, 2.24) is 19.7 Å². The van der Waals surface area contributed by atoms with Crippen molar-refractivity contribution < 1.29 is 0 Å². The van der Waals surface area contributed by atoms with Crippen LogP contribution >= 0.6 is 12.2 Å². The first kappa shape index (κ1) is 11.8. The molecule has 1 aliphatic rings. The third-order valence-corrected chi connectivity index (χ3v) is 3.52. The molecule has 1 aromatic rings. The molecular weight excluding hydrogens is 220 g/mol. The second kappa shape index (κ2) is 5.59. The van der Waals surface area contributed by atoms with E-state index in [9.17, 15) is 0 Å². The molecule has 2 heterocycles. The molecular formula is C11H20N4S. The Balaban J connectivity index is 1.84. The molecule has 0 spiro atoms. The van der Waals surface area contributed by atoms with E-state index in [0.29, 0.717) is 0 Å². The van der Waals surface area contributed by atoms with Crippen molar-refractivity contribution >= 4 is 12.2 Å². The lowest BCUT2D eigenvalue weighted by Gasteiger charge is -2.14. The number of aromatic nitrogens is 3. The molecule has 5 heteroatoms. The van der Waals surface area contributed by atoms with Gasteiger partial charge < -0.3 is 9.47 Å². The minimum absolute atomic E-state index is 0.762. The van der Waals surface area contributed by atoms with Crippen molar-refractivity contribution in [3.05, 3.63) is 10.6 Å². The van der Waals surface area contributed by atoms with E-state index < -0.39 is 0 Å². The van der Waals surface area contributed by atoms with Gasteiger partial charge in [0.05, 0.1) is 0 Å². The molecule has 1 aliphatic heterocycles. The molecule has 1 fully saturated rings. The quantitative estimate of drug-likeness (QED) is 0.800.